The molecule has 0 aliphatic heterocycles. The first kappa shape index (κ1) is 5.56. The number of rotatable bonds is 2. The van der Waals surface area contributed by atoms with Crippen LogP contribution in [0.1, 0.15) is 0 Å². The van der Waals surface area contributed by atoms with Gasteiger partial charge >= 0.3 is 0 Å². The first-order valence-corrected chi connectivity index (χ1v) is 1.86. The van der Waals surface area contributed by atoms with E-state index in [1.165, 1.54) is 0 Å². The highest BCUT2D eigenvalue weighted by Crippen LogP contribution is 1.74. The third-order valence-corrected chi connectivity index (χ3v) is 0.282. The number of hydrogen-bond donors (Lipinski definition) is 1. The Morgan fingerprint density at radius 3 is 2.83 bits per heavy atom. The summed E-state index contributed by atoms with van der Waals surface area (Å²) in [5.41, 5.74) is 4.74. The lowest BCUT2D eigenvalue weighted by Crippen LogP contribution is -1.88. The van der Waals surface area contributed by atoms with Crippen LogP contribution in [0.25, 0.3) is 0 Å². The Labute approximate surface area is 40.7 Å². The molecule has 4 heteroatoms. The van der Waals surface area contributed by atoms with Crippen molar-refractivity contribution >= 4 is 17.9 Å². The van der Waals surface area contributed by atoms with Crippen LogP contribution in [0.5, 0.6) is 0 Å². The zero-order valence-electron chi connectivity index (χ0n) is 3.10. The fourth-order valence-corrected chi connectivity index (χ4v) is 0.128. The molecule has 0 aromatic heterocycles. The maximum Gasteiger partial charge on any atom is 0.190 e. The molecule has 0 aliphatic carbocycles. The monoisotopic (exact) mass is 108 g/mol. The van der Waals surface area contributed by atoms with Crippen molar-refractivity contribution in [1.82, 2.24) is 0 Å². The summed E-state index contributed by atoms with van der Waals surface area (Å²) < 4.78 is 0. The van der Waals surface area contributed by atoms with Crippen molar-refractivity contribution in [2.45, 2.75) is 0 Å². The van der Waals surface area contributed by atoms with E-state index in [4.69, 9.17) is 17.3 Å². The van der Waals surface area contributed by atoms with Crippen LogP contribution >= 0.6 is 11.6 Å². The molecule has 0 heterocycles. The second-order valence-electron chi connectivity index (χ2n) is 0.493. The van der Waals surface area contributed by atoms with Crippen LogP contribution in [0, 0.1) is 0 Å². The van der Waals surface area contributed by atoms with E-state index in [9.17, 15) is 0 Å². The number of halogens is 1. The van der Waals surface area contributed by atoms with E-state index in [0.717, 1.165) is 6.34 Å². The molecule has 0 unspecified atom stereocenters. The van der Waals surface area contributed by atoms with Crippen molar-refractivity contribution in [3.63, 3.8) is 0 Å². The normalized spacial score (nSPS) is 9.50. The molecule has 6 heavy (non-hydrogen) atoms. The molecule has 0 saturated heterocycles. The van der Waals surface area contributed by atoms with E-state index in [0.29, 0.717) is 0 Å². The highest BCUT2D eigenvalue weighted by atomic mass is 35.5. The maximum absolute atomic E-state index is 4.99. The molecule has 0 aromatic rings. The molecule has 0 saturated carbocycles. The summed E-state index contributed by atoms with van der Waals surface area (Å²) in [6.45, 7) is 0. The van der Waals surface area contributed by atoms with Crippen molar-refractivity contribution in [1.29, 1.82) is 0 Å². The first-order valence-electron chi connectivity index (χ1n) is 1.33. The van der Waals surface area contributed by atoms with Crippen molar-refractivity contribution in [2.24, 2.45) is 10.9 Å². The Balaban J connectivity index is 2.66. The molecule has 0 aromatic carbocycles. The van der Waals surface area contributed by atoms with Crippen molar-refractivity contribution in [2.75, 3.05) is 6.07 Å². The molecule has 0 radical (unpaired) electrons. The third kappa shape index (κ3) is 3.56. The largest absolute Gasteiger partial charge is 0.387 e. The van der Waals surface area contributed by atoms with Crippen LogP contribution in [-0.4, -0.2) is 12.4 Å². The van der Waals surface area contributed by atoms with E-state index >= 15 is 0 Å². The summed E-state index contributed by atoms with van der Waals surface area (Å²) >= 11 is 4.99. The number of oxime groups is 1. The number of nitrogens with zero attached hydrogens (tertiary/aromatic N) is 1. The average Bonchev–Trinajstić information content (AvgIpc) is 1.61. The summed E-state index contributed by atoms with van der Waals surface area (Å²) in [5, 5.41) is 3.11. The van der Waals surface area contributed by atoms with Crippen LogP contribution in [0.3, 0.4) is 0 Å². The second-order valence-corrected chi connectivity index (χ2v) is 0.711. The van der Waals surface area contributed by atoms with E-state index in [1.54, 1.807) is 0 Å². The van der Waals surface area contributed by atoms with E-state index < -0.39 is 0 Å². The number of alkyl halides is 1. The van der Waals surface area contributed by atoms with Crippen LogP contribution < -0.4 is 5.73 Å². The summed E-state index contributed by atoms with van der Waals surface area (Å²) in [5.74, 6) is 0. The smallest absolute Gasteiger partial charge is 0.190 e. The Morgan fingerprint density at radius 1 is 2.00 bits per heavy atom. The Morgan fingerprint density at radius 2 is 2.67 bits per heavy atom. The summed E-state index contributed by atoms with van der Waals surface area (Å²) in [7, 11) is 0. The Hall–Kier alpha value is -0.440. The molecule has 36 valence electrons. The number of hydrogen-bond acceptors (Lipinski definition) is 2. The lowest BCUT2D eigenvalue weighted by atomic mass is 11.4. The maximum atomic E-state index is 4.99. The minimum Gasteiger partial charge on any atom is -0.387 e. The number of nitrogens with two attached hydrogens (primary N) is 1. The van der Waals surface area contributed by atoms with Gasteiger partial charge in [0.05, 0.1) is 0 Å². The lowest BCUT2D eigenvalue weighted by Gasteiger charge is -1.82. The van der Waals surface area contributed by atoms with Crippen LogP contribution in [0.2, 0.25) is 0 Å². The van der Waals surface area contributed by atoms with Gasteiger partial charge in [0, 0.05) is 0 Å². The van der Waals surface area contributed by atoms with Crippen molar-refractivity contribution in [3.05, 3.63) is 0 Å². The lowest BCUT2D eigenvalue weighted by molar-refractivity contribution is 0.194. The predicted octanol–water partition coefficient (Wildman–Crippen LogP) is 0.101. The van der Waals surface area contributed by atoms with Gasteiger partial charge in [0.15, 0.2) is 6.07 Å². The molecule has 0 rings (SSSR count). The molecule has 0 amide bonds. The van der Waals surface area contributed by atoms with Gasteiger partial charge in [-0.15, -0.1) is 0 Å². The molecule has 0 fully saturated rings. The van der Waals surface area contributed by atoms with E-state index in [2.05, 4.69) is 9.99 Å². The average molecular weight is 109 g/mol. The van der Waals surface area contributed by atoms with Gasteiger partial charge in [0.25, 0.3) is 0 Å². The second kappa shape index (κ2) is 4.56. The summed E-state index contributed by atoms with van der Waals surface area (Å²) in [6.07, 6.45) is 1.03. The van der Waals surface area contributed by atoms with E-state index in [-0.39, 0.29) is 6.07 Å². The highest BCUT2D eigenvalue weighted by molar-refractivity contribution is 6.17. The van der Waals surface area contributed by atoms with Gasteiger partial charge in [-0.2, -0.15) is 0 Å². The van der Waals surface area contributed by atoms with Gasteiger partial charge < -0.3 is 10.6 Å². The first-order chi connectivity index (χ1) is 2.91. The summed E-state index contributed by atoms with van der Waals surface area (Å²) in [6, 6.07) is 0.0493. The van der Waals surface area contributed by atoms with Gasteiger partial charge in [-0.05, 0) is 0 Å². The van der Waals surface area contributed by atoms with Gasteiger partial charge in [0.2, 0.25) is 0 Å². The molecule has 2 N–H and O–H groups in total. The van der Waals surface area contributed by atoms with Crippen molar-refractivity contribution < 1.29 is 4.84 Å². The van der Waals surface area contributed by atoms with Crippen molar-refractivity contribution in [3.8, 4) is 0 Å². The molecule has 0 bridgehead atoms. The van der Waals surface area contributed by atoms with Crippen LogP contribution in [-0.2, 0) is 4.84 Å². The SMILES string of the molecule is NC=NOCCl. The molecule has 0 aliphatic rings. The predicted molar refractivity (Wildman–Crippen MR) is 24.5 cm³/mol. The fraction of sp³-hybridized carbons (Fsp3) is 0.500. The Kier molecular flexibility index (Phi) is 4.23. The molecular weight excluding hydrogens is 103 g/mol. The van der Waals surface area contributed by atoms with Crippen LogP contribution in [0.4, 0.5) is 0 Å². The van der Waals surface area contributed by atoms with Crippen LogP contribution in [0.15, 0.2) is 5.16 Å². The van der Waals surface area contributed by atoms with Gasteiger partial charge in [-0.25, -0.2) is 0 Å². The molecule has 0 spiro atoms. The summed E-state index contributed by atoms with van der Waals surface area (Å²) in [4.78, 5) is 4.19. The standard InChI is InChI=1S/C2H5ClN2O/c3-1-6-5-2-4/h2H,1H2,(H2,4,5). The Bertz CT molecular complexity index is 46.8. The zero-order valence-corrected chi connectivity index (χ0v) is 3.85. The molecular formula is C2H5ClN2O. The molecule has 3 nitrogen and oxygen atoms in total. The minimum atomic E-state index is 0.0493. The van der Waals surface area contributed by atoms with Gasteiger partial charge in [-0.3, -0.25) is 0 Å². The van der Waals surface area contributed by atoms with Gasteiger partial charge in [0.1, 0.15) is 6.34 Å². The molecule has 0 atom stereocenters. The fourth-order valence-electron chi connectivity index (χ4n) is 0.0712. The highest BCUT2D eigenvalue weighted by Gasteiger charge is 1.63. The zero-order chi connectivity index (χ0) is 4.83. The van der Waals surface area contributed by atoms with E-state index in [1.807, 2.05) is 0 Å². The minimum absolute atomic E-state index is 0.0493. The third-order valence-electron chi connectivity index (χ3n) is 0.184. The quantitative estimate of drug-likeness (QED) is 0.236. The van der Waals surface area contributed by atoms with Gasteiger partial charge in [-0.1, -0.05) is 16.8 Å². The topological polar surface area (TPSA) is 47.6 Å².